The molecule has 1 saturated carbocycles. The molecule has 1 aliphatic rings. The molecule has 20 heavy (non-hydrogen) atoms. The van der Waals surface area contributed by atoms with Gasteiger partial charge in [-0.05, 0) is 12.8 Å². The SMILES string of the molecule is COc1cc(OC)c2nc(NC3CCCC3)sc2c1Cl. The van der Waals surface area contributed by atoms with Crippen LogP contribution in [0.1, 0.15) is 25.7 Å². The van der Waals surface area contributed by atoms with E-state index in [-0.39, 0.29) is 0 Å². The standard InChI is InChI=1S/C14H17ClN2O2S/c1-18-9-7-10(19-2)12-13(11(9)15)20-14(17-12)16-8-5-3-4-6-8/h7-8H,3-6H2,1-2H3,(H,16,17). The van der Waals surface area contributed by atoms with Gasteiger partial charge in [-0.25, -0.2) is 4.98 Å². The van der Waals surface area contributed by atoms with Gasteiger partial charge in [0, 0.05) is 12.1 Å². The number of hydrogen-bond acceptors (Lipinski definition) is 5. The molecule has 0 bridgehead atoms. The van der Waals surface area contributed by atoms with Crippen LogP contribution in [0.3, 0.4) is 0 Å². The molecule has 0 saturated heterocycles. The van der Waals surface area contributed by atoms with Gasteiger partial charge in [0.15, 0.2) is 5.13 Å². The number of aromatic nitrogens is 1. The molecule has 4 nitrogen and oxygen atoms in total. The lowest BCUT2D eigenvalue weighted by Crippen LogP contribution is -2.13. The molecule has 1 aliphatic carbocycles. The van der Waals surface area contributed by atoms with E-state index in [9.17, 15) is 0 Å². The van der Waals surface area contributed by atoms with E-state index >= 15 is 0 Å². The lowest BCUT2D eigenvalue weighted by Gasteiger charge is -2.09. The van der Waals surface area contributed by atoms with Crippen LogP contribution in [0.25, 0.3) is 10.2 Å². The Kier molecular flexibility index (Phi) is 3.89. The van der Waals surface area contributed by atoms with Crippen molar-refractivity contribution >= 4 is 38.3 Å². The molecule has 1 aromatic carbocycles. The van der Waals surface area contributed by atoms with Crippen LogP contribution in [0.5, 0.6) is 11.5 Å². The first-order chi connectivity index (χ1) is 9.72. The highest BCUT2D eigenvalue weighted by Crippen LogP contribution is 2.43. The van der Waals surface area contributed by atoms with E-state index < -0.39 is 0 Å². The van der Waals surface area contributed by atoms with Gasteiger partial charge in [0.1, 0.15) is 22.0 Å². The summed E-state index contributed by atoms with van der Waals surface area (Å²) in [4.78, 5) is 4.63. The molecule has 0 atom stereocenters. The van der Waals surface area contributed by atoms with Crippen molar-refractivity contribution in [1.29, 1.82) is 0 Å². The smallest absolute Gasteiger partial charge is 0.184 e. The van der Waals surface area contributed by atoms with Crippen molar-refractivity contribution < 1.29 is 9.47 Å². The zero-order chi connectivity index (χ0) is 14.1. The maximum Gasteiger partial charge on any atom is 0.184 e. The fourth-order valence-electron chi connectivity index (χ4n) is 2.61. The van der Waals surface area contributed by atoms with Gasteiger partial charge in [-0.2, -0.15) is 0 Å². The van der Waals surface area contributed by atoms with Gasteiger partial charge in [-0.3, -0.25) is 0 Å². The first-order valence-corrected chi connectivity index (χ1v) is 7.90. The third-order valence-electron chi connectivity index (χ3n) is 3.66. The minimum absolute atomic E-state index is 0.530. The number of hydrogen-bond donors (Lipinski definition) is 1. The van der Waals surface area contributed by atoms with Crippen molar-refractivity contribution in [2.75, 3.05) is 19.5 Å². The van der Waals surface area contributed by atoms with Crippen molar-refractivity contribution in [2.45, 2.75) is 31.7 Å². The molecular weight excluding hydrogens is 296 g/mol. The highest BCUT2D eigenvalue weighted by molar-refractivity contribution is 7.22. The number of fused-ring (bicyclic) bond motifs is 1. The van der Waals surface area contributed by atoms with Crippen LogP contribution in [0.15, 0.2) is 6.07 Å². The van der Waals surface area contributed by atoms with E-state index in [2.05, 4.69) is 10.3 Å². The second kappa shape index (κ2) is 5.66. The Hall–Kier alpha value is -1.20. The van der Waals surface area contributed by atoms with E-state index in [0.29, 0.717) is 22.6 Å². The average Bonchev–Trinajstić information content (AvgIpc) is 3.09. The van der Waals surface area contributed by atoms with Crippen molar-refractivity contribution in [3.05, 3.63) is 11.1 Å². The fraction of sp³-hybridized carbons (Fsp3) is 0.500. The van der Waals surface area contributed by atoms with Crippen LogP contribution < -0.4 is 14.8 Å². The molecule has 6 heteroatoms. The number of benzene rings is 1. The van der Waals surface area contributed by atoms with Crippen molar-refractivity contribution in [3.63, 3.8) is 0 Å². The van der Waals surface area contributed by atoms with Crippen LogP contribution >= 0.6 is 22.9 Å². The molecule has 3 rings (SSSR count). The number of methoxy groups -OCH3 is 2. The minimum Gasteiger partial charge on any atom is -0.495 e. The van der Waals surface area contributed by atoms with Crippen LogP contribution in [0.4, 0.5) is 5.13 Å². The first-order valence-electron chi connectivity index (χ1n) is 6.70. The van der Waals surface area contributed by atoms with E-state index in [1.807, 2.05) is 0 Å². The molecule has 0 amide bonds. The first kappa shape index (κ1) is 13.8. The largest absolute Gasteiger partial charge is 0.495 e. The van der Waals surface area contributed by atoms with Gasteiger partial charge >= 0.3 is 0 Å². The summed E-state index contributed by atoms with van der Waals surface area (Å²) in [5, 5.41) is 5.00. The van der Waals surface area contributed by atoms with Gasteiger partial charge in [0.2, 0.25) is 0 Å². The molecule has 1 fully saturated rings. The van der Waals surface area contributed by atoms with Gasteiger partial charge in [-0.15, -0.1) is 0 Å². The highest BCUT2D eigenvalue weighted by Gasteiger charge is 2.20. The van der Waals surface area contributed by atoms with E-state index in [1.54, 1.807) is 31.6 Å². The van der Waals surface area contributed by atoms with Gasteiger partial charge < -0.3 is 14.8 Å². The Labute approximate surface area is 127 Å². The van der Waals surface area contributed by atoms with Gasteiger partial charge in [0.05, 0.1) is 18.9 Å². The predicted octanol–water partition coefficient (Wildman–Crippen LogP) is 4.32. The maximum absolute atomic E-state index is 6.36. The maximum atomic E-state index is 6.36. The Morgan fingerprint density at radius 1 is 1.25 bits per heavy atom. The van der Waals surface area contributed by atoms with Crippen LogP contribution in [0.2, 0.25) is 5.02 Å². The lowest BCUT2D eigenvalue weighted by atomic mass is 10.3. The molecule has 1 aromatic heterocycles. The Morgan fingerprint density at radius 3 is 2.60 bits per heavy atom. The summed E-state index contributed by atoms with van der Waals surface area (Å²) < 4.78 is 11.6. The molecule has 108 valence electrons. The molecule has 0 spiro atoms. The van der Waals surface area contributed by atoms with E-state index in [0.717, 1.165) is 15.3 Å². The molecule has 1 heterocycles. The second-order valence-electron chi connectivity index (χ2n) is 4.92. The number of anilines is 1. The van der Waals surface area contributed by atoms with Gasteiger partial charge in [0.25, 0.3) is 0 Å². The number of halogens is 1. The van der Waals surface area contributed by atoms with Crippen molar-refractivity contribution in [2.24, 2.45) is 0 Å². The summed E-state index contributed by atoms with van der Waals surface area (Å²) in [7, 11) is 3.23. The normalized spacial score (nSPS) is 15.8. The monoisotopic (exact) mass is 312 g/mol. The zero-order valence-corrected chi connectivity index (χ0v) is 13.1. The number of rotatable bonds is 4. The molecule has 1 N–H and O–H groups in total. The van der Waals surface area contributed by atoms with Gasteiger partial charge in [-0.1, -0.05) is 35.8 Å². The third-order valence-corrected chi connectivity index (χ3v) is 5.15. The molecule has 0 radical (unpaired) electrons. The Balaban J connectivity index is 2.02. The van der Waals surface area contributed by atoms with E-state index in [4.69, 9.17) is 21.1 Å². The summed E-state index contributed by atoms with van der Waals surface area (Å²) in [5.41, 5.74) is 0.795. The lowest BCUT2D eigenvalue weighted by molar-refractivity contribution is 0.398. The number of nitrogens with zero attached hydrogens (tertiary/aromatic N) is 1. The molecule has 0 unspecified atom stereocenters. The topological polar surface area (TPSA) is 43.4 Å². The van der Waals surface area contributed by atoms with Crippen LogP contribution in [-0.4, -0.2) is 25.2 Å². The summed E-state index contributed by atoms with van der Waals surface area (Å²) in [5.74, 6) is 1.31. The minimum atomic E-state index is 0.530. The van der Waals surface area contributed by atoms with Crippen LogP contribution in [0, 0.1) is 0 Å². The van der Waals surface area contributed by atoms with Crippen LogP contribution in [-0.2, 0) is 0 Å². The van der Waals surface area contributed by atoms with Crippen molar-refractivity contribution in [1.82, 2.24) is 4.98 Å². The Morgan fingerprint density at radius 2 is 1.95 bits per heavy atom. The number of thiazole rings is 1. The molecular formula is C14H17ClN2O2S. The highest BCUT2D eigenvalue weighted by atomic mass is 35.5. The Bertz CT molecular complexity index is 623. The van der Waals surface area contributed by atoms with E-state index in [1.165, 1.54) is 25.7 Å². The summed E-state index contributed by atoms with van der Waals surface area (Å²) in [6.45, 7) is 0. The summed E-state index contributed by atoms with van der Waals surface area (Å²) >= 11 is 7.92. The number of nitrogens with one attached hydrogen (secondary N) is 1. The number of ether oxygens (including phenoxy) is 2. The zero-order valence-electron chi connectivity index (χ0n) is 11.5. The summed E-state index contributed by atoms with van der Waals surface area (Å²) in [6.07, 6.45) is 5.01. The average molecular weight is 313 g/mol. The second-order valence-corrected chi connectivity index (χ2v) is 6.29. The quantitative estimate of drug-likeness (QED) is 0.913. The third kappa shape index (κ3) is 2.40. The fourth-order valence-corrected chi connectivity index (χ4v) is 3.94. The molecule has 0 aliphatic heterocycles. The molecule has 2 aromatic rings. The van der Waals surface area contributed by atoms with Crippen molar-refractivity contribution in [3.8, 4) is 11.5 Å². The summed E-state index contributed by atoms with van der Waals surface area (Å²) in [6, 6.07) is 2.31. The predicted molar refractivity (Wildman–Crippen MR) is 83.6 cm³/mol.